The Morgan fingerprint density at radius 1 is 1.50 bits per heavy atom. The number of likely N-dealkylation sites (tertiary alicyclic amines) is 1. The lowest BCUT2D eigenvalue weighted by molar-refractivity contribution is -0.131. The fourth-order valence-corrected chi connectivity index (χ4v) is 2.51. The van der Waals surface area contributed by atoms with E-state index < -0.39 is 0 Å². The topological polar surface area (TPSA) is 40.5 Å². The fraction of sp³-hybridized carbons (Fsp3) is 0.923. The number of carbonyl (C=O) groups is 1. The molecule has 0 aliphatic carbocycles. The molecule has 94 valence electrons. The maximum Gasteiger partial charge on any atom is 0.222 e. The smallest absolute Gasteiger partial charge is 0.222 e. The second-order valence-electron chi connectivity index (χ2n) is 6.36. The van der Waals surface area contributed by atoms with Crippen LogP contribution in [0.25, 0.3) is 0 Å². The van der Waals surface area contributed by atoms with Crippen LogP contribution in [0.3, 0.4) is 0 Å². The number of amides is 1. The molecule has 0 aromatic heterocycles. The number of aliphatic hydroxyl groups is 1. The first-order valence-corrected chi connectivity index (χ1v) is 6.24. The van der Waals surface area contributed by atoms with E-state index in [4.69, 9.17) is 0 Å². The molecule has 1 saturated heterocycles. The number of β-amino-alcohol motifs (C(OH)–C–C–N with tert-alkyl or cyclic N) is 1. The molecule has 0 aromatic rings. The van der Waals surface area contributed by atoms with Crippen LogP contribution in [-0.2, 0) is 4.79 Å². The van der Waals surface area contributed by atoms with Crippen molar-refractivity contribution in [3.05, 3.63) is 0 Å². The van der Waals surface area contributed by atoms with E-state index in [2.05, 4.69) is 27.7 Å². The van der Waals surface area contributed by atoms with Crippen molar-refractivity contribution in [1.29, 1.82) is 0 Å². The highest BCUT2D eigenvalue weighted by molar-refractivity contribution is 5.76. The van der Waals surface area contributed by atoms with Crippen LogP contribution in [0.2, 0.25) is 0 Å². The molecule has 1 heterocycles. The molecule has 1 aliphatic rings. The van der Waals surface area contributed by atoms with Crippen LogP contribution < -0.4 is 0 Å². The summed E-state index contributed by atoms with van der Waals surface area (Å²) in [5, 5.41) is 9.38. The van der Waals surface area contributed by atoms with Crippen LogP contribution in [0.1, 0.15) is 47.0 Å². The van der Waals surface area contributed by atoms with E-state index in [9.17, 15) is 9.90 Å². The van der Waals surface area contributed by atoms with Crippen molar-refractivity contribution >= 4 is 5.91 Å². The van der Waals surface area contributed by atoms with E-state index in [0.717, 1.165) is 19.4 Å². The normalized spacial score (nSPS) is 23.6. The predicted octanol–water partition coefficient (Wildman–Crippen LogP) is 2.04. The molecule has 3 nitrogen and oxygen atoms in total. The Morgan fingerprint density at radius 2 is 2.12 bits per heavy atom. The minimum absolute atomic E-state index is 0.202. The SMILES string of the molecule is CC(CC(=O)N1CC[C@H](O)C1)CC(C)(C)C. The summed E-state index contributed by atoms with van der Waals surface area (Å²) in [5.41, 5.74) is 0.282. The number of carbonyl (C=O) groups excluding carboxylic acids is 1. The van der Waals surface area contributed by atoms with Crippen molar-refractivity contribution in [2.24, 2.45) is 11.3 Å². The lowest BCUT2D eigenvalue weighted by Gasteiger charge is -2.24. The van der Waals surface area contributed by atoms with Crippen molar-refractivity contribution in [2.45, 2.75) is 53.1 Å². The molecule has 1 aliphatic heterocycles. The van der Waals surface area contributed by atoms with E-state index in [-0.39, 0.29) is 17.4 Å². The first-order chi connectivity index (χ1) is 7.28. The Labute approximate surface area is 98.8 Å². The fourth-order valence-electron chi connectivity index (χ4n) is 2.51. The number of aliphatic hydroxyl groups excluding tert-OH is 1. The Kier molecular flexibility index (Phi) is 4.36. The molecule has 0 spiro atoms. The van der Waals surface area contributed by atoms with Crippen molar-refractivity contribution in [2.75, 3.05) is 13.1 Å². The molecular formula is C13H25NO2. The standard InChI is InChI=1S/C13H25NO2/c1-10(8-13(2,3)4)7-12(16)14-6-5-11(15)9-14/h10-11,15H,5-9H2,1-4H3/t10?,11-/m0/s1. The monoisotopic (exact) mass is 227 g/mol. The van der Waals surface area contributed by atoms with Gasteiger partial charge in [0.05, 0.1) is 6.10 Å². The Hall–Kier alpha value is -0.570. The molecule has 1 N–H and O–H groups in total. The molecule has 1 unspecified atom stereocenters. The lowest BCUT2D eigenvalue weighted by Crippen LogP contribution is -2.31. The number of rotatable bonds is 3. The zero-order valence-electron chi connectivity index (χ0n) is 11.0. The largest absolute Gasteiger partial charge is 0.391 e. The van der Waals surface area contributed by atoms with Crippen LogP contribution >= 0.6 is 0 Å². The van der Waals surface area contributed by atoms with E-state index >= 15 is 0 Å². The average Bonchev–Trinajstić information content (AvgIpc) is 2.47. The second-order valence-corrected chi connectivity index (χ2v) is 6.36. The molecule has 1 fully saturated rings. The summed E-state index contributed by atoms with van der Waals surface area (Å²) in [4.78, 5) is 13.7. The third-order valence-electron chi connectivity index (χ3n) is 3.00. The van der Waals surface area contributed by atoms with Gasteiger partial charge < -0.3 is 10.0 Å². The first-order valence-electron chi connectivity index (χ1n) is 6.24. The van der Waals surface area contributed by atoms with Gasteiger partial charge in [-0.1, -0.05) is 27.7 Å². The van der Waals surface area contributed by atoms with Gasteiger partial charge in [0.15, 0.2) is 0 Å². The molecule has 0 aromatic carbocycles. The van der Waals surface area contributed by atoms with Crippen molar-refractivity contribution in [3.63, 3.8) is 0 Å². The number of nitrogens with zero attached hydrogens (tertiary/aromatic N) is 1. The van der Waals surface area contributed by atoms with Gasteiger partial charge in [-0.3, -0.25) is 4.79 Å². The molecule has 1 amide bonds. The maximum absolute atomic E-state index is 11.9. The summed E-state index contributed by atoms with van der Waals surface area (Å²) in [6.07, 6.45) is 2.11. The van der Waals surface area contributed by atoms with E-state index in [1.807, 2.05) is 0 Å². The van der Waals surface area contributed by atoms with Gasteiger partial charge >= 0.3 is 0 Å². The van der Waals surface area contributed by atoms with Crippen molar-refractivity contribution in [1.82, 2.24) is 4.90 Å². The van der Waals surface area contributed by atoms with E-state index in [0.29, 0.717) is 18.9 Å². The van der Waals surface area contributed by atoms with Gasteiger partial charge in [0.1, 0.15) is 0 Å². The third-order valence-corrected chi connectivity index (χ3v) is 3.00. The van der Waals surface area contributed by atoms with Crippen LogP contribution in [0.4, 0.5) is 0 Å². The number of hydrogen-bond donors (Lipinski definition) is 1. The van der Waals surface area contributed by atoms with Gasteiger partial charge in [0.25, 0.3) is 0 Å². The zero-order chi connectivity index (χ0) is 12.3. The number of hydrogen-bond acceptors (Lipinski definition) is 2. The molecular weight excluding hydrogens is 202 g/mol. The quantitative estimate of drug-likeness (QED) is 0.801. The Balaban J connectivity index is 2.34. The molecule has 2 atom stereocenters. The maximum atomic E-state index is 11.9. The molecule has 16 heavy (non-hydrogen) atoms. The summed E-state index contributed by atoms with van der Waals surface area (Å²) < 4.78 is 0. The first kappa shape index (κ1) is 13.5. The molecule has 0 radical (unpaired) electrons. The highest BCUT2D eigenvalue weighted by Gasteiger charge is 2.26. The summed E-state index contributed by atoms with van der Waals surface area (Å²) in [7, 11) is 0. The summed E-state index contributed by atoms with van der Waals surface area (Å²) >= 11 is 0. The van der Waals surface area contributed by atoms with Crippen molar-refractivity contribution in [3.8, 4) is 0 Å². The van der Waals surface area contributed by atoms with Crippen LogP contribution in [-0.4, -0.2) is 35.1 Å². The van der Waals surface area contributed by atoms with Gasteiger partial charge in [-0.25, -0.2) is 0 Å². The minimum Gasteiger partial charge on any atom is -0.391 e. The second kappa shape index (κ2) is 5.17. The molecule has 3 heteroatoms. The van der Waals surface area contributed by atoms with E-state index in [1.54, 1.807) is 4.90 Å². The minimum atomic E-state index is -0.304. The highest BCUT2D eigenvalue weighted by atomic mass is 16.3. The van der Waals surface area contributed by atoms with Crippen LogP contribution in [0.5, 0.6) is 0 Å². The van der Waals surface area contributed by atoms with Gasteiger partial charge in [-0.05, 0) is 24.2 Å². The van der Waals surface area contributed by atoms with E-state index in [1.165, 1.54) is 0 Å². The van der Waals surface area contributed by atoms with Crippen molar-refractivity contribution < 1.29 is 9.90 Å². The third kappa shape index (κ3) is 4.52. The lowest BCUT2D eigenvalue weighted by atomic mass is 9.84. The predicted molar refractivity (Wildman–Crippen MR) is 65.1 cm³/mol. The molecule has 1 rings (SSSR count). The summed E-state index contributed by atoms with van der Waals surface area (Å²) in [6, 6.07) is 0. The Bertz CT molecular complexity index is 245. The summed E-state index contributed by atoms with van der Waals surface area (Å²) in [5.74, 6) is 0.624. The molecule has 0 bridgehead atoms. The Morgan fingerprint density at radius 3 is 2.56 bits per heavy atom. The summed E-state index contributed by atoms with van der Waals surface area (Å²) in [6.45, 7) is 9.99. The van der Waals surface area contributed by atoms with Crippen LogP contribution in [0, 0.1) is 11.3 Å². The molecule has 0 saturated carbocycles. The van der Waals surface area contributed by atoms with Gasteiger partial charge in [-0.2, -0.15) is 0 Å². The van der Waals surface area contributed by atoms with Gasteiger partial charge in [-0.15, -0.1) is 0 Å². The van der Waals surface area contributed by atoms with Gasteiger partial charge in [0, 0.05) is 19.5 Å². The highest BCUT2D eigenvalue weighted by Crippen LogP contribution is 2.26. The van der Waals surface area contributed by atoms with Gasteiger partial charge in [0.2, 0.25) is 5.91 Å². The van der Waals surface area contributed by atoms with Crippen LogP contribution in [0.15, 0.2) is 0 Å². The average molecular weight is 227 g/mol. The zero-order valence-corrected chi connectivity index (χ0v) is 11.0.